The molecule has 534 valence electrons. The van der Waals surface area contributed by atoms with Crippen molar-refractivity contribution in [1.29, 1.82) is 0 Å². The number of benzene rings is 2. The first-order valence-electron chi connectivity index (χ1n) is 33.1. The lowest BCUT2D eigenvalue weighted by molar-refractivity contribution is -0.149. The number of nitrogens with one attached hydrogen (secondary N) is 6. The fourth-order valence-electron chi connectivity index (χ4n) is 12.2. The molecule has 2 aliphatic heterocycles. The van der Waals surface area contributed by atoms with Crippen molar-refractivity contribution in [2.45, 2.75) is 155 Å². The van der Waals surface area contributed by atoms with Crippen molar-refractivity contribution in [3.63, 3.8) is 0 Å². The predicted molar refractivity (Wildman–Crippen MR) is 381 cm³/mol. The van der Waals surface area contributed by atoms with E-state index < -0.39 is 121 Å². The van der Waals surface area contributed by atoms with Gasteiger partial charge in [0.2, 0.25) is 41.4 Å². The van der Waals surface area contributed by atoms with Gasteiger partial charge in [0.25, 0.3) is 5.91 Å². The Balaban J connectivity index is 1.02. The minimum Gasteiger partial charge on any atom is -0.480 e. The number of aromatic nitrogens is 3. The summed E-state index contributed by atoms with van der Waals surface area (Å²) in [6.07, 6.45) is 6.44. The summed E-state index contributed by atoms with van der Waals surface area (Å²) < 4.78 is 1.36. The Morgan fingerprint density at radius 1 is 0.851 bits per heavy atom. The standard InChI is InChI=1S/C71H87N17O12S/c1-10-43(33-48-42(9)101-54(11-2)60(57-39(6)46(57)22-14-16-29-77-85-75)59(48)56-38(5)32-45-27-26-44-21-12-13-23-47(44)58(45)56)20-15-17-30-87-35-51(84-86-87)65(94)81-52(36-89)66(95)80-50(34-55(72)91)64(93)83-62(41(8)90)68(97)79-49(24-18-28-76-71(73)74)63(92)82-61(37(3)4)67(96)78-40(7)69(98)88-31-19-25-53(88)70(99)100/h10-13,21,23,26-27,33,35,37-41,49-50,52-53,61-62,89-90H,1-2,16-19,24-25,28-32,34,36H2,3-9H3,(H2,72,91)(H,78,96)(H,79,97)(H,80,95)(H,81,94)(H,82,92)(H,83,93)(H,99,100)(H4,73,74,76)/b43-33+,59-56-/t38?,39-,40+,41-,49+,50+,52+,53+,61+,62+/m1/s1. The molecule has 0 bridgehead atoms. The molecule has 2 aliphatic carbocycles. The summed E-state index contributed by atoms with van der Waals surface area (Å²) in [6, 6.07) is 2.17. The molecule has 4 aliphatic rings. The number of carboxylic acid groups (broad SMARTS) is 1. The average molecular weight is 1400 g/mol. The van der Waals surface area contributed by atoms with Crippen LogP contribution in [0, 0.1) is 41.4 Å². The second-order valence-electron chi connectivity index (χ2n) is 25.2. The minimum absolute atomic E-state index is 0.0229. The molecule has 29 nitrogen and oxygen atoms in total. The maximum atomic E-state index is 14.0. The van der Waals surface area contributed by atoms with Gasteiger partial charge >= 0.3 is 5.97 Å². The van der Waals surface area contributed by atoms with E-state index >= 15 is 0 Å². The summed E-state index contributed by atoms with van der Waals surface area (Å²) in [6.45, 7) is 20.1. The SMILES string of the molecule is C=CC1=C(C2=C(C#CCCN=[N+]=[N-])[C@H]2C)/C(=C2\c3c(ccc4ccccc34)CC2C)C(/C=C(/C#CCCn2cc(C(=O)N[C@@H](CO)C(=O)N[C@@H](CC(N)=O)C(=O)N[C@H](C(=O)N[C@@H](CCCN=C(N)N)C(=O)N[C@H](C(=O)N[C@@H](C)C(=O)N3CCC[C@H]3C(=O)O)C(C)C)[C@@H](C)O)nn2)C=C)=C(C)S1. The number of hydrogen-bond acceptors (Lipinski definition) is 16. The van der Waals surface area contributed by atoms with Crippen molar-refractivity contribution in [2.24, 2.45) is 45.1 Å². The number of thioether (sulfide) groups is 1. The number of rotatable bonds is 31. The van der Waals surface area contributed by atoms with Gasteiger partial charge in [-0.2, -0.15) is 0 Å². The van der Waals surface area contributed by atoms with Crippen molar-refractivity contribution >= 4 is 87.3 Å². The maximum Gasteiger partial charge on any atom is 0.326 e. The summed E-state index contributed by atoms with van der Waals surface area (Å²) in [5, 5.41) is 59.2. The number of nitrogens with two attached hydrogens (primary N) is 3. The molecule has 0 saturated carbocycles. The molecular weight excluding hydrogens is 1310 g/mol. The lowest BCUT2D eigenvalue weighted by Crippen LogP contribution is -2.62. The largest absolute Gasteiger partial charge is 0.480 e. The summed E-state index contributed by atoms with van der Waals surface area (Å²) in [7, 11) is 0. The van der Waals surface area contributed by atoms with E-state index in [2.05, 4.69) is 151 Å². The van der Waals surface area contributed by atoms with E-state index in [1.54, 1.807) is 31.7 Å². The molecule has 30 heteroatoms. The van der Waals surface area contributed by atoms with E-state index in [1.807, 2.05) is 12.1 Å². The first-order valence-corrected chi connectivity index (χ1v) is 33.9. The molecule has 15 N–H and O–H groups in total. The van der Waals surface area contributed by atoms with Crippen molar-refractivity contribution in [3.8, 4) is 23.7 Å². The highest BCUT2D eigenvalue weighted by Gasteiger charge is 2.43. The number of aliphatic imine (C=N–C) groups is 1. The molecule has 7 rings (SSSR count). The number of carboxylic acids is 1. The Morgan fingerprint density at radius 3 is 2.21 bits per heavy atom. The average Bonchev–Trinajstić information content (AvgIpc) is 1.57. The number of carbonyl (C=O) groups excluding carboxylic acids is 8. The number of likely N-dealkylation sites (tertiary alicyclic amines) is 1. The smallest absolute Gasteiger partial charge is 0.326 e. The van der Waals surface area contributed by atoms with Crippen LogP contribution >= 0.6 is 11.8 Å². The summed E-state index contributed by atoms with van der Waals surface area (Å²) in [5.41, 5.74) is 34.6. The first-order chi connectivity index (χ1) is 48.1. The quantitative estimate of drug-likeness (QED) is 0.00643. The molecule has 3 heterocycles. The highest BCUT2D eigenvalue weighted by atomic mass is 32.2. The van der Waals surface area contributed by atoms with Crippen LogP contribution in [0.2, 0.25) is 0 Å². The summed E-state index contributed by atoms with van der Waals surface area (Å²) in [4.78, 5) is 130. The van der Waals surface area contributed by atoms with Gasteiger partial charge in [0, 0.05) is 64.9 Å². The molecular formula is C71H87N17O12S. The van der Waals surface area contributed by atoms with Crippen LogP contribution in [-0.4, -0.2) is 169 Å². The van der Waals surface area contributed by atoms with Crippen LogP contribution < -0.4 is 49.1 Å². The molecule has 1 saturated heterocycles. The minimum atomic E-state index is -1.89. The number of fused-ring (bicyclic) bond motifs is 3. The third-order valence-corrected chi connectivity index (χ3v) is 18.5. The second-order valence-corrected chi connectivity index (χ2v) is 26.4. The summed E-state index contributed by atoms with van der Waals surface area (Å²) in [5.74, 6) is 3.15. The van der Waals surface area contributed by atoms with E-state index in [4.69, 9.17) is 22.7 Å². The Kier molecular flexibility index (Phi) is 27.5. The number of amides is 8. The van der Waals surface area contributed by atoms with E-state index in [9.17, 15) is 58.5 Å². The summed E-state index contributed by atoms with van der Waals surface area (Å²) >= 11 is 1.63. The third kappa shape index (κ3) is 19.8. The molecule has 8 amide bonds. The van der Waals surface area contributed by atoms with Gasteiger partial charge in [-0.3, -0.25) is 48.0 Å². The van der Waals surface area contributed by atoms with E-state index in [1.165, 1.54) is 34.5 Å². The van der Waals surface area contributed by atoms with Crippen LogP contribution in [0.15, 0.2) is 127 Å². The number of hydrogen-bond donors (Lipinski definition) is 12. The van der Waals surface area contributed by atoms with Gasteiger partial charge in [-0.15, -0.1) is 5.10 Å². The lowest BCUT2D eigenvalue weighted by Gasteiger charge is -2.29. The second kappa shape index (κ2) is 35.8. The zero-order valence-electron chi connectivity index (χ0n) is 57.5. The Morgan fingerprint density at radius 2 is 1.54 bits per heavy atom. The van der Waals surface area contributed by atoms with Gasteiger partial charge in [0.15, 0.2) is 11.7 Å². The monoisotopic (exact) mass is 1400 g/mol. The van der Waals surface area contributed by atoms with Crippen molar-refractivity contribution < 1.29 is 58.5 Å². The van der Waals surface area contributed by atoms with Gasteiger partial charge < -0.3 is 69.3 Å². The lowest BCUT2D eigenvalue weighted by atomic mass is 9.82. The maximum absolute atomic E-state index is 14.0. The molecule has 0 radical (unpaired) electrons. The molecule has 3 aromatic rings. The zero-order chi connectivity index (χ0) is 73.9. The van der Waals surface area contributed by atoms with Crippen LogP contribution in [0.4, 0.5) is 0 Å². The number of guanidine groups is 1. The topological polar surface area (TPSA) is 460 Å². The molecule has 1 aromatic heterocycles. The van der Waals surface area contributed by atoms with Gasteiger partial charge in [-0.25, -0.2) is 4.79 Å². The van der Waals surface area contributed by atoms with E-state index in [0.29, 0.717) is 18.4 Å². The van der Waals surface area contributed by atoms with Gasteiger partial charge in [0.05, 0.1) is 31.9 Å². The number of aliphatic hydroxyl groups excluding tert-OH is 2. The Hall–Kier alpha value is -10.8. The number of aliphatic hydroxyl groups is 2. The predicted octanol–water partition coefficient (Wildman–Crippen LogP) is 3.27. The number of carbonyl (C=O) groups is 9. The van der Waals surface area contributed by atoms with Gasteiger partial charge in [-0.05, 0) is 125 Å². The molecule has 1 unspecified atom stereocenters. The normalized spacial score (nSPS) is 19.0. The van der Waals surface area contributed by atoms with Crippen molar-refractivity contribution in [1.82, 2.24) is 51.8 Å². The zero-order valence-corrected chi connectivity index (χ0v) is 58.3. The molecule has 0 spiro atoms. The Bertz CT molecular complexity index is 4170. The fourth-order valence-corrected chi connectivity index (χ4v) is 13.2. The van der Waals surface area contributed by atoms with Crippen LogP contribution in [0.1, 0.15) is 115 Å². The molecule has 1 fully saturated rings. The number of primary amides is 1. The van der Waals surface area contributed by atoms with Gasteiger partial charge in [0.1, 0.15) is 42.3 Å². The van der Waals surface area contributed by atoms with Crippen LogP contribution in [0.3, 0.4) is 0 Å². The van der Waals surface area contributed by atoms with Crippen LogP contribution in [0.25, 0.3) is 26.8 Å². The molecule has 101 heavy (non-hydrogen) atoms. The fraction of sp³-hybridized carbons (Fsp3) is 0.437. The van der Waals surface area contributed by atoms with Crippen LogP contribution in [-0.2, 0) is 51.3 Å². The Labute approximate surface area is 589 Å². The van der Waals surface area contributed by atoms with Crippen molar-refractivity contribution in [2.75, 3.05) is 26.2 Å². The molecule has 2 aromatic carbocycles. The van der Waals surface area contributed by atoms with E-state index in [0.717, 1.165) is 66.7 Å². The number of azide groups is 1. The van der Waals surface area contributed by atoms with Crippen molar-refractivity contribution in [3.05, 3.63) is 144 Å². The highest BCUT2D eigenvalue weighted by molar-refractivity contribution is 8.07. The number of nitrogens with zero attached hydrogens (tertiary/aromatic N) is 8. The number of allylic oxidation sites excluding steroid dienone is 11. The number of aryl methyl sites for hydroxylation is 1. The van der Waals surface area contributed by atoms with Gasteiger partial charge in [-0.1, -0.05) is 135 Å². The third-order valence-electron chi connectivity index (χ3n) is 17.4. The number of aliphatic carboxylic acids is 1. The first kappa shape index (κ1) is 77.6. The van der Waals surface area contributed by atoms with E-state index in [-0.39, 0.29) is 75.4 Å². The molecule has 10 atom stereocenters. The van der Waals surface area contributed by atoms with Crippen LogP contribution in [0.5, 0.6) is 0 Å². The highest BCUT2D eigenvalue weighted by Crippen LogP contribution is 2.58.